The molecule has 1 atom stereocenters. The van der Waals surface area contributed by atoms with Crippen LogP contribution in [0.5, 0.6) is 5.75 Å². The molecule has 1 N–H and O–H groups in total. The van der Waals surface area contributed by atoms with Crippen LogP contribution in [0.4, 0.5) is 8.78 Å². The molecule has 4 heteroatoms. The predicted octanol–water partition coefficient (Wildman–Crippen LogP) is 3.51. The second-order valence-corrected chi connectivity index (χ2v) is 5.35. The first kappa shape index (κ1) is 14.9. The Hall–Kier alpha value is -1.16. The zero-order chi connectivity index (χ0) is 13.8. The summed E-state index contributed by atoms with van der Waals surface area (Å²) in [6, 6.07) is 3.24. The fourth-order valence-corrected chi connectivity index (χ4v) is 1.44. The van der Waals surface area contributed by atoms with Crippen LogP contribution in [-0.2, 0) is 0 Å². The van der Waals surface area contributed by atoms with E-state index in [-0.39, 0.29) is 17.4 Å². The molecule has 0 spiro atoms. The van der Waals surface area contributed by atoms with Gasteiger partial charge in [0, 0.05) is 18.2 Å². The minimum Gasteiger partial charge on any atom is -0.486 e. The van der Waals surface area contributed by atoms with Gasteiger partial charge in [-0.1, -0.05) is 6.92 Å². The maximum Gasteiger partial charge on any atom is 0.165 e. The quantitative estimate of drug-likeness (QED) is 0.871. The van der Waals surface area contributed by atoms with Crippen LogP contribution in [0.15, 0.2) is 18.2 Å². The van der Waals surface area contributed by atoms with E-state index in [2.05, 4.69) is 5.32 Å². The summed E-state index contributed by atoms with van der Waals surface area (Å²) in [6.45, 7) is 8.68. The second kappa shape index (κ2) is 6.14. The maximum atomic E-state index is 13.4. The lowest BCUT2D eigenvalue weighted by atomic mass is 10.1. The van der Waals surface area contributed by atoms with E-state index >= 15 is 0 Å². The van der Waals surface area contributed by atoms with Crippen molar-refractivity contribution in [2.75, 3.05) is 6.54 Å². The van der Waals surface area contributed by atoms with Crippen LogP contribution in [0.1, 0.15) is 34.1 Å². The number of hydrogen-bond donors (Lipinski definition) is 1. The van der Waals surface area contributed by atoms with Crippen molar-refractivity contribution in [3.8, 4) is 5.75 Å². The van der Waals surface area contributed by atoms with E-state index in [9.17, 15) is 8.78 Å². The van der Waals surface area contributed by atoms with Gasteiger partial charge in [0.15, 0.2) is 11.6 Å². The first-order valence-electron chi connectivity index (χ1n) is 6.18. The standard InChI is InChI=1S/C14H21F2NO/c1-5-11(9-17-14(2,3)4)18-13-8-10(15)6-7-12(13)16/h6-8,11,17H,5,9H2,1-4H3. The van der Waals surface area contributed by atoms with Gasteiger partial charge in [-0.05, 0) is 39.3 Å². The summed E-state index contributed by atoms with van der Waals surface area (Å²) in [4.78, 5) is 0. The number of halogens is 2. The van der Waals surface area contributed by atoms with E-state index in [1.54, 1.807) is 0 Å². The first-order valence-corrected chi connectivity index (χ1v) is 6.18. The van der Waals surface area contributed by atoms with Crippen molar-refractivity contribution in [2.45, 2.75) is 45.8 Å². The van der Waals surface area contributed by atoms with E-state index in [1.165, 1.54) is 0 Å². The highest BCUT2D eigenvalue weighted by Crippen LogP contribution is 2.20. The van der Waals surface area contributed by atoms with Gasteiger partial charge < -0.3 is 10.1 Å². The Morgan fingerprint density at radius 1 is 1.28 bits per heavy atom. The molecule has 1 unspecified atom stereocenters. The Kier molecular flexibility index (Phi) is 5.08. The molecule has 2 nitrogen and oxygen atoms in total. The molecule has 0 saturated carbocycles. The molecule has 0 aliphatic carbocycles. The number of nitrogens with one attached hydrogen (secondary N) is 1. The number of hydrogen-bond acceptors (Lipinski definition) is 2. The number of rotatable bonds is 5. The average molecular weight is 257 g/mol. The molecule has 1 aromatic carbocycles. The molecule has 0 heterocycles. The Morgan fingerprint density at radius 3 is 2.50 bits per heavy atom. The van der Waals surface area contributed by atoms with Crippen LogP contribution in [-0.4, -0.2) is 18.2 Å². The van der Waals surface area contributed by atoms with Crippen LogP contribution in [0, 0.1) is 11.6 Å². The SMILES string of the molecule is CCC(CNC(C)(C)C)Oc1cc(F)ccc1F. The molecular formula is C14H21F2NO. The second-order valence-electron chi connectivity index (χ2n) is 5.35. The van der Waals surface area contributed by atoms with Gasteiger partial charge >= 0.3 is 0 Å². The lowest BCUT2D eigenvalue weighted by molar-refractivity contribution is 0.173. The van der Waals surface area contributed by atoms with Crippen molar-refractivity contribution in [1.29, 1.82) is 0 Å². The summed E-state index contributed by atoms with van der Waals surface area (Å²) in [6.07, 6.45) is 0.541. The molecular weight excluding hydrogens is 236 g/mol. The van der Waals surface area contributed by atoms with Crippen LogP contribution < -0.4 is 10.1 Å². The van der Waals surface area contributed by atoms with Gasteiger partial charge in [0.05, 0.1) is 0 Å². The van der Waals surface area contributed by atoms with Crippen LogP contribution in [0.3, 0.4) is 0 Å². The average Bonchev–Trinajstić information content (AvgIpc) is 2.27. The van der Waals surface area contributed by atoms with Crippen LogP contribution in [0.2, 0.25) is 0 Å². The van der Waals surface area contributed by atoms with Crippen molar-refractivity contribution in [2.24, 2.45) is 0 Å². The van der Waals surface area contributed by atoms with Gasteiger partial charge in [0.1, 0.15) is 11.9 Å². The molecule has 0 fully saturated rings. The third-order valence-electron chi connectivity index (χ3n) is 2.50. The Bertz CT molecular complexity index is 388. The molecule has 1 rings (SSSR count). The molecule has 18 heavy (non-hydrogen) atoms. The first-order chi connectivity index (χ1) is 8.31. The summed E-state index contributed by atoms with van der Waals surface area (Å²) in [5.74, 6) is -1.06. The van der Waals surface area contributed by atoms with E-state index in [4.69, 9.17) is 4.74 Å². The van der Waals surface area contributed by atoms with Crippen molar-refractivity contribution < 1.29 is 13.5 Å². The lowest BCUT2D eigenvalue weighted by Gasteiger charge is -2.25. The predicted molar refractivity (Wildman–Crippen MR) is 68.8 cm³/mol. The maximum absolute atomic E-state index is 13.4. The Morgan fingerprint density at radius 2 is 1.94 bits per heavy atom. The Labute approximate surface area is 107 Å². The van der Waals surface area contributed by atoms with Gasteiger partial charge in [-0.15, -0.1) is 0 Å². The molecule has 102 valence electrons. The third-order valence-corrected chi connectivity index (χ3v) is 2.50. The van der Waals surface area contributed by atoms with Crippen molar-refractivity contribution >= 4 is 0 Å². The number of ether oxygens (including phenoxy) is 1. The van der Waals surface area contributed by atoms with E-state index in [0.29, 0.717) is 6.54 Å². The molecule has 1 aromatic rings. The smallest absolute Gasteiger partial charge is 0.165 e. The number of benzene rings is 1. The van der Waals surface area contributed by atoms with E-state index in [0.717, 1.165) is 24.6 Å². The molecule has 0 aromatic heterocycles. The molecule has 0 saturated heterocycles. The monoisotopic (exact) mass is 257 g/mol. The summed E-state index contributed by atoms with van der Waals surface area (Å²) in [5, 5.41) is 3.29. The zero-order valence-electron chi connectivity index (χ0n) is 11.4. The fraction of sp³-hybridized carbons (Fsp3) is 0.571. The molecule has 0 aliphatic rings. The van der Waals surface area contributed by atoms with Crippen molar-refractivity contribution in [3.63, 3.8) is 0 Å². The van der Waals surface area contributed by atoms with E-state index < -0.39 is 11.6 Å². The fourth-order valence-electron chi connectivity index (χ4n) is 1.44. The summed E-state index contributed by atoms with van der Waals surface area (Å²) < 4.78 is 31.9. The van der Waals surface area contributed by atoms with Gasteiger partial charge in [0.25, 0.3) is 0 Å². The van der Waals surface area contributed by atoms with Gasteiger partial charge in [0.2, 0.25) is 0 Å². The molecule has 0 bridgehead atoms. The van der Waals surface area contributed by atoms with Crippen LogP contribution >= 0.6 is 0 Å². The minimum absolute atomic E-state index is 0.0300. The van der Waals surface area contributed by atoms with Gasteiger partial charge in [-0.3, -0.25) is 0 Å². The Balaban J connectivity index is 2.65. The zero-order valence-corrected chi connectivity index (χ0v) is 11.4. The highest BCUT2D eigenvalue weighted by molar-refractivity contribution is 5.25. The topological polar surface area (TPSA) is 21.3 Å². The third kappa shape index (κ3) is 5.00. The van der Waals surface area contributed by atoms with Crippen LogP contribution in [0.25, 0.3) is 0 Å². The normalized spacial score (nSPS) is 13.4. The lowest BCUT2D eigenvalue weighted by Crippen LogP contribution is -2.42. The van der Waals surface area contributed by atoms with Crippen molar-refractivity contribution in [3.05, 3.63) is 29.8 Å². The summed E-state index contributed by atoms with van der Waals surface area (Å²) in [5.41, 5.74) is -0.0305. The van der Waals surface area contributed by atoms with Gasteiger partial charge in [-0.2, -0.15) is 0 Å². The van der Waals surface area contributed by atoms with Crippen molar-refractivity contribution in [1.82, 2.24) is 5.32 Å². The summed E-state index contributed by atoms with van der Waals surface area (Å²) in [7, 11) is 0. The molecule has 0 radical (unpaired) electrons. The highest BCUT2D eigenvalue weighted by Gasteiger charge is 2.16. The van der Waals surface area contributed by atoms with E-state index in [1.807, 2.05) is 27.7 Å². The molecule has 0 amide bonds. The largest absolute Gasteiger partial charge is 0.486 e. The van der Waals surface area contributed by atoms with Gasteiger partial charge in [-0.25, -0.2) is 8.78 Å². The highest BCUT2D eigenvalue weighted by atomic mass is 19.1. The molecule has 0 aliphatic heterocycles. The minimum atomic E-state index is -0.536. The summed E-state index contributed by atoms with van der Waals surface area (Å²) >= 11 is 0.